The van der Waals surface area contributed by atoms with Crippen LogP contribution in [-0.4, -0.2) is 11.5 Å². The van der Waals surface area contributed by atoms with Gasteiger partial charge in [0.2, 0.25) is 0 Å². The Morgan fingerprint density at radius 1 is 1.38 bits per heavy atom. The van der Waals surface area contributed by atoms with E-state index < -0.39 is 0 Å². The number of nitrogens with zero attached hydrogens (tertiary/aromatic N) is 1. The number of unbranched alkanes of at least 4 members (excludes halogenated alkanes) is 1. The largest absolute Gasteiger partial charge is 0.309 e. The maximum absolute atomic E-state index is 4.87. The van der Waals surface area contributed by atoms with Crippen LogP contribution < -0.4 is 5.32 Å². The van der Waals surface area contributed by atoms with Crippen molar-refractivity contribution >= 4 is 26.8 Å². The third-order valence-corrected chi connectivity index (χ3v) is 4.21. The number of fused-ring (bicyclic) bond motifs is 1. The molecule has 1 unspecified atom stereocenters. The predicted octanol–water partition coefficient (Wildman–Crippen LogP) is 5.39. The molecule has 1 N–H and O–H groups in total. The molecule has 2 rings (SSSR count). The first-order chi connectivity index (χ1) is 10.3. The van der Waals surface area contributed by atoms with Crippen molar-refractivity contribution in [3.8, 4) is 0 Å². The number of pyridine rings is 1. The van der Waals surface area contributed by atoms with Crippen molar-refractivity contribution in [2.24, 2.45) is 0 Å². The summed E-state index contributed by atoms with van der Waals surface area (Å²) in [6.07, 6.45) is 6.38. The summed E-state index contributed by atoms with van der Waals surface area (Å²) >= 11 is 3.70. The van der Waals surface area contributed by atoms with Gasteiger partial charge in [0.15, 0.2) is 0 Å². The van der Waals surface area contributed by atoms with E-state index in [1.54, 1.807) is 0 Å². The molecule has 21 heavy (non-hydrogen) atoms. The van der Waals surface area contributed by atoms with Crippen LogP contribution in [0.5, 0.6) is 0 Å². The molecule has 0 radical (unpaired) electrons. The minimum Gasteiger partial charge on any atom is -0.309 e. The van der Waals surface area contributed by atoms with Gasteiger partial charge in [-0.25, -0.2) is 4.98 Å². The predicted molar refractivity (Wildman–Crippen MR) is 94.5 cm³/mol. The Morgan fingerprint density at radius 3 is 2.95 bits per heavy atom. The summed E-state index contributed by atoms with van der Waals surface area (Å²) in [5, 5.41) is 4.80. The Labute approximate surface area is 135 Å². The first kappa shape index (κ1) is 16.2. The van der Waals surface area contributed by atoms with E-state index in [1.165, 1.54) is 5.39 Å². The summed E-state index contributed by atoms with van der Waals surface area (Å²) in [6.45, 7) is 7.01. The van der Waals surface area contributed by atoms with E-state index in [4.69, 9.17) is 4.98 Å². The molecule has 0 bridgehead atoms. The van der Waals surface area contributed by atoms with Crippen LogP contribution in [0.4, 0.5) is 0 Å². The zero-order valence-corrected chi connectivity index (χ0v) is 14.2. The van der Waals surface area contributed by atoms with Crippen molar-refractivity contribution in [2.75, 3.05) is 6.54 Å². The topological polar surface area (TPSA) is 24.9 Å². The third-order valence-electron chi connectivity index (χ3n) is 3.58. The van der Waals surface area contributed by atoms with Crippen LogP contribution in [0.3, 0.4) is 0 Å². The fraction of sp³-hybridized carbons (Fsp3) is 0.389. The number of nitrogens with one attached hydrogen (secondary N) is 1. The summed E-state index contributed by atoms with van der Waals surface area (Å²) in [7, 11) is 0. The van der Waals surface area contributed by atoms with Crippen molar-refractivity contribution in [3.63, 3.8) is 0 Å². The summed E-state index contributed by atoms with van der Waals surface area (Å²) in [4.78, 5) is 4.87. The number of allylic oxidation sites excluding steroid dienone is 1. The van der Waals surface area contributed by atoms with Crippen LogP contribution >= 0.6 is 15.9 Å². The maximum atomic E-state index is 4.87. The highest BCUT2D eigenvalue weighted by Gasteiger charge is 2.16. The molecule has 1 atom stereocenters. The Morgan fingerprint density at radius 2 is 2.19 bits per heavy atom. The number of rotatable bonds is 8. The van der Waals surface area contributed by atoms with Crippen molar-refractivity contribution in [2.45, 2.75) is 38.6 Å². The summed E-state index contributed by atoms with van der Waals surface area (Å²) in [5.41, 5.74) is 2.17. The lowest BCUT2D eigenvalue weighted by Crippen LogP contribution is -2.23. The maximum Gasteiger partial charge on any atom is 0.0722 e. The van der Waals surface area contributed by atoms with Gasteiger partial charge in [-0.05, 0) is 60.3 Å². The highest BCUT2D eigenvalue weighted by atomic mass is 79.9. The monoisotopic (exact) mass is 346 g/mol. The second-order valence-electron chi connectivity index (χ2n) is 5.27. The molecule has 112 valence electrons. The smallest absolute Gasteiger partial charge is 0.0722 e. The van der Waals surface area contributed by atoms with Crippen LogP contribution in [0.15, 0.2) is 47.5 Å². The molecule has 0 fully saturated rings. The van der Waals surface area contributed by atoms with Crippen molar-refractivity contribution < 1.29 is 0 Å². The molecule has 1 aromatic heterocycles. The molecule has 0 saturated heterocycles. The lowest BCUT2D eigenvalue weighted by molar-refractivity contribution is 0.476. The molecule has 1 aromatic carbocycles. The van der Waals surface area contributed by atoms with Gasteiger partial charge in [-0.15, -0.1) is 6.58 Å². The number of halogens is 1. The van der Waals surface area contributed by atoms with E-state index >= 15 is 0 Å². The fourth-order valence-electron chi connectivity index (χ4n) is 2.47. The molecule has 0 aliphatic heterocycles. The third kappa shape index (κ3) is 4.39. The first-order valence-corrected chi connectivity index (χ1v) is 8.45. The second kappa shape index (κ2) is 8.30. The van der Waals surface area contributed by atoms with Crippen molar-refractivity contribution in [1.29, 1.82) is 0 Å². The van der Waals surface area contributed by atoms with Gasteiger partial charge in [-0.3, -0.25) is 0 Å². The number of hydrogen-bond donors (Lipinski definition) is 1. The van der Waals surface area contributed by atoms with Gasteiger partial charge in [0.05, 0.1) is 17.3 Å². The lowest BCUT2D eigenvalue weighted by atomic mass is 10.0. The standard InChI is InChI=1S/C18H23BrN2/c1-3-5-6-11-17(20-12-4-2)18-15(19)13-14-9-7-8-10-16(14)21-18/h3,7-10,13,17,20H,1,4-6,11-12H2,2H3. The molecular weight excluding hydrogens is 324 g/mol. The van der Waals surface area contributed by atoms with Crippen LogP contribution in [-0.2, 0) is 0 Å². The van der Waals surface area contributed by atoms with E-state index in [-0.39, 0.29) is 0 Å². The average Bonchev–Trinajstić information content (AvgIpc) is 2.50. The van der Waals surface area contributed by atoms with E-state index in [2.05, 4.69) is 52.9 Å². The summed E-state index contributed by atoms with van der Waals surface area (Å²) in [6, 6.07) is 10.7. The van der Waals surface area contributed by atoms with E-state index in [1.807, 2.05) is 18.2 Å². The van der Waals surface area contributed by atoms with Crippen LogP contribution in [0.1, 0.15) is 44.3 Å². The lowest BCUT2D eigenvalue weighted by Gasteiger charge is -2.19. The highest BCUT2D eigenvalue weighted by Crippen LogP contribution is 2.28. The molecule has 0 amide bonds. The van der Waals surface area contributed by atoms with Crippen LogP contribution in [0.2, 0.25) is 0 Å². The van der Waals surface area contributed by atoms with Gasteiger partial charge in [-0.2, -0.15) is 0 Å². The summed E-state index contributed by atoms with van der Waals surface area (Å²) < 4.78 is 1.09. The van der Waals surface area contributed by atoms with Gasteiger partial charge >= 0.3 is 0 Å². The van der Waals surface area contributed by atoms with Gasteiger partial charge in [-0.1, -0.05) is 31.2 Å². The van der Waals surface area contributed by atoms with Gasteiger partial charge in [0, 0.05) is 9.86 Å². The Balaban J connectivity index is 2.28. The Kier molecular flexibility index (Phi) is 6.40. The van der Waals surface area contributed by atoms with Gasteiger partial charge < -0.3 is 5.32 Å². The van der Waals surface area contributed by atoms with Crippen molar-refractivity contribution in [1.82, 2.24) is 10.3 Å². The molecule has 0 saturated carbocycles. The zero-order valence-electron chi connectivity index (χ0n) is 12.6. The Bertz CT molecular complexity index is 595. The minimum absolute atomic E-state index is 0.295. The molecule has 0 aliphatic carbocycles. The Hall–Kier alpha value is -1.19. The molecule has 0 aliphatic rings. The van der Waals surface area contributed by atoms with E-state index in [9.17, 15) is 0 Å². The number of benzene rings is 1. The second-order valence-corrected chi connectivity index (χ2v) is 6.13. The number of hydrogen-bond acceptors (Lipinski definition) is 2. The zero-order chi connectivity index (χ0) is 15.1. The number of para-hydroxylation sites is 1. The summed E-state index contributed by atoms with van der Waals surface area (Å²) in [5.74, 6) is 0. The van der Waals surface area contributed by atoms with Crippen LogP contribution in [0, 0.1) is 0 Å². The molecular formula is C18H23BrN2. The minimum atomic E-state index is 0.295. The molecule has 1 heterocycles. The van der Waals surface area contributed by atoms with Crippen molar-refractivity contribution in [3.05, 3.63) is 53.2 Å². The molecule has 0 spiro atoms. The highest BCUT2D eigenvalue weighted by molar-refractivity contribution is 9.10. The van der Waals surface area contributed by atoms with Gasteiger partial charge in [0.1, 0.15) is 0 Å². The number of aromatic nitrogens is 1. The molecule has 2 nitrogen and oxygen atoms in total. The normalized spacial score (nSPS) is 12.5. The van der Waals surface area contributed by atoms with E-state index in [0.29, 0.717) is 6.04 Å². The quantitative estimate of drug-likeness (QED) is 0.511. The molecule has 2 aromatic rings. The fourth-order valence-corrected chi connectivity index (χ4v) is 3.08. The average molecular weight is 347 g/mol. The van der Waals surface area contributed by atoms with E-state index in [0.717, 1.165) is 47.9 Å². The van der Waals surface area contributed by atoms with Gasteiger partial charge in [0.25, 0.3) is 0 Å². The van der Waals surface area contributed by atoms with Crippen LogP contribution in [0.25, 0.3) is 10.9 Å². The molecule has 3 heteroatoms. The first-order valence-electron chi connectivity index (χ1n) is 7.65. The SMILES string of the molecule is C=CCCCC(NCCC)c1nc2ccccc2cc1Br.